The molecule has 1 amide bonds. The normalized spacial score (nSPS) is 26.3. The van der Waals surface area contributed by atoms with Crippen LogP contribution < -0.4 is 4.72 Å². The number of nitrogens with one attached hydrogen (secondary N) is 1. The van der Waals surface area contributed by atoms with Crippen molar-refractivity contribution in [3.63, 3.8) is 0 Å². The Morgan fingerprint density at radius 2 is 2.13 bits per heavy atom. The summed E-state index contributed by atoms with van der Waals surface area (Å²) >= 11 is 0. The van der Waals surface area contributed by atoms with E-state index in [1.165, 1.54) is 6.07 Å². The highest BCUT2D eigenvalue weighted by molar-refractivity contribution is 7.89. The van der Waals surface area contributed by atoms with Gasteiger partial charge in [0.15, 0.2) is 0 Å². The fraction of sp³-hybridized carbons (Fsp3) is 0.438. The summed E-state index contributed by atoms with van der Waals surface area (Å²) in [6.07, 6.45) is 2.38. The molecule has 1 fully saturated rings. The van der Waals surface area contributed by atoms with Crippen molar-refractivity contribution in [1.29, 1.82) is 0 Å². The molecule has 0 spiro atoms. The van der Waals surface area contributed by atoms with Gasteiger partial charge in [0.2, 0.25) is 15.9 Å². The average Bonchev–Trinajstić information content (AvgIpc) is 3.04. The predicted octanol–water partition coefficient (Wildman–Crippen LogP) is 1.52. The first-order valence-corrected chi connectivity index (χ1v) is 9.17. The van der Waals surface area contributed by atoms with Crippen LogP contribution in [0, 0.1) is 5.82 Å². The van der Waals surface area contributed by atoms with E-state index in [2.05, 4.69) is 4.72 Å². The Morgan fingerprint density at radius 1 is 1.39 bits per heavy atom. The number of nitrogens with zero attached hydrogens (tertiary/aromatic N) is 1. The highest BCUT2D eigenvalue weighted by Crippen LogP contribution is 2.27. The molecule has 1 saturated heterocycles. The highest BCUT2D eigenvalue weighted by atomic mass is 32.2. The Labute approximate surface area is 135 Å². The summed E-state index contributed by atoms with van der Waals surface area (Å²) < 4.78 is 39.5. The van der Waals surface area contributed by atoms with E-state index in [-0.39, 0.29) is 23.9 Å². The maximum atomic E-state index is 13.8. The Hall–Kier alpha value is -1.73. The highest BCUT2D eigenvalue weighted by Gasteiger charge is 2.40. The lowest BCUT2D eigenvalue weighted by molar-refractivity contribution is -0.131. The largest absolute Gasteiger partial charge is 0.335 e. The van der Waals surface area contributed by atoms with Crippen LogP contribution in [0.25, 0.3) is 5.57 Å². The van der Waals surface area contributed by atoms with E-state index < -0.39 is 15.6 Å². The number of rotatable bonds is 3. The summed E-state index contributed by atoms with van der Waals surface area (Å²) in [5, 5.41) is 0. The number of amides is 1. The van der Waals surface area contributed by atoms with Crippen molar-refractivity contribution in [2.45, 2.75) is 25.3 Å². The van der Waals surface area contributed by atoms with Gasteiger partial charge in [0.05, 0.1) is 5.75 Å². The quantitative estimate of drug-likeness (QED) is 0.909. The number of carbonyl (C=O) groups is 1. The number of carbonyl (C=O) groups excluding carboxylic acids is 1. The molecule has 124 valence electrons. The van der Waals surface area contributed by atoms with E-state index in [9.17, 15) is 17.6 Å². The van der Waals surface area contributed by atoms with Gasteiger partial charge >= 0.3 is 0 Å². The molecule has 3 rings (SSSR count). The second-order valence-electron chi connectivity index (χ2n) is 6.39. The fourth-order valence-electron chi connectivity index (χ4n) is 3.07. The van der Waals surface area contributed by atoms with Crippen LogP contribution in [0.15, 0.2) is 30.3 Å². The van der Waals surface area contributed by atoms with Gasteiger partial charge in [0.1, 0.15) is 5.82 Å². The zero-order chi connectivity index (χ0) is 16.7. The molecule has 2 aliphatic rings. The van der Waals surface area contributed by atoms with Crippen LogP contribution in [0.1, 0.15) is 25.3 Å². The number of hydrogen-bond donors (Lipinski definition) is 1. The Bertz CT molecular complexity index is 775. The van der Waals surface area contributed by atoms with E-state index in [0.29, 0.717) is 25.1 Å². The van der Waals surface area contributed by atoms with Crippen molar-refractivity contribution >= 4 is 21.5 Å². The van der Waals surface area contributed by atoms with Crippen molar-refractivity contribution in [2.75, 3.05) is 18.8 Å². The molecular formula is C16H19FN2O3S. The van der Waals surface area contributed by atoms with Crippen molar-refractivity contribution < 1.29 is 17.6 Å². The lowest BCUT2D eigenvalue weighted by Crippen LogP contribution is -2.43. The second-order valence-corrected chi connectivity index (χ2v) is 8.23. The van der Waals surface area contributed by atoms with Gasteiger partial charge in [-0.05, 0) is 25.0 Å². The van der Waals surface area contributed by atoms with E-state index in [0.717, 1.165) is 5.57 Å². The molecule has 2 aliphatic heterocycles. The summed E-state index contributed by atoms with van der Waals surface area (Å²) in [5.74, 6) is -0.376. The molecule has 1 unspecified atom stereocenters. The van der Waals surface area contributed by atoms with Gasteiger partial charge in [-0.25, -0.2) is 17.5 Å². The molecule has 1 aromatic rings. The molecule has 7 heteroatoms. The molecule has 5 nitrogen and oxygen atoms in total. The Balaban J connectivity index is 1.65. The maximum absolute atomic E-state index is 13.8. The molecule has 23 heavy (non-hydrogen) atoms. The van der Waals surface area contributed by atoms with Gasteiger partial charge < -0.3 is 4.90 Å². The third kappa shape index (κ3) is 3.45. The first kappa shape index (κ1) is 16.1. The van der Waals surface area contributed by atoms with Crippen LogP contribution >= 0.6 is 0 Å². The molecule has 1 atom stereocenters. The maximum Gasteiger partial charge on any atom is 0.225 e. The van der Waals surface area contributed by atoms with Crippen molar-refractivity contribution in [2.24, 2.45) is 0 Å². The number of sulfonamides is 1. The molecule has 1 aromatic carbocycles. The fourth-order valence-corrected chi connectivity index (χ4v) is 4.82. The third-order valence-electron chi connectivity index (χ3n) is 4.36. The standard InChI is InChI=1S/C16H19FN2O3S/c1-16(7-9-23(21,22)18-16)10-15(20)19-8-6-12(11-19)13-4-2-3-5-14(13)17/h2-6,18H,7-11H2,1H3. The van der Waals surface area contributed by atoms with Gasteiger partial charge in [-0.1, -0.05) is 24.3 Å². The van der Waals surface area contributed by atoms with Gasteiger partial charge in [0, 0.05) is 30.6 Å². The summed E-state index contributed by atoms with van der Waals surface area (Å²) in [5.41, 5.74) is 0.570. The molecule has 0 aromatic heterocycles. The van der Waals surface area contributed by atoms with Crippen molar-refractivity contribution in [3.05, 3.63) is 41.7 Å². The van der Waals surface area contributed by atoms with Gasteiger partial charge in [0.25, 0.3) is 0 Å². The summed E-state index contributed by atoms with van der Waals surface area (Å²) in [7, 11) is -3.27. The SMILES string of the molecule is CC1(CC(=O)N2CC=C(c3ccccc3F)C2)CCS(=O)(=O)N1. The van der Waals surface area contributed by atoms with E-state index >= 15 is 0 Å². The monoisotopic (exact) mass is 338 g/mol. The van der Waals surface area contributed by atoms with E-state index in [4.69, 9.17) is 0 Å². The number of hydrogen-bond acceptors (Lipinski definition) is 3. The minimum absolute atomic E-state index is 0.0511. The first-order chi connectivity index (χ1) is 10.8. The molecule has 0 radical (unpaired) electrons. The van der Waals surface area contributed by atoms with Crippen LogP contribution in [0.4, 0.5) is 4.39 Å². The van der Waals surface area contributed by atoms with E-state index in [1.54, 1.807) is 30.0 Å². The zero-order valence-corrected chi connectivity index (χ0v) is 13.7. The van der Waals surface area contributed by atoms with Crippen LogP contribution in [-0.4, -0.2) is 43.6 Å². The van der Waals surface area contributed by atoms with Crippen LogP contribution in [0.5, 0.6) is 0 Å². The molecule has 0 bridgehead atoms. The molecular weight excluding hydrogens is 319 g/mol. The van der Waals surface area contributed by atoms with Crippen molar-refractivity contribution in [1.82, 2.24) is 9.62 Å². The third-order valence-corrected chi connectivity index (χ3v) is 5.90. The Kier molecular flexibility index (Phi) is 4.01. The number of benzene rings is 1. The minimum atomic E-state index is -3.27. The summed E-state index contributed by atoms with van der Waals surface area (Å²) in [6.45, 7) is 2.52. The van der Waals surface area contributed by atoms with Crippen LogP contribution in [0.2, 0.25) is 0 Å². The zero-order valence-electron chi connectivity index (χ0n) is 12.9. The lowest BCUT2D eigenvalue weighted by Gasteiger charge is -2.25. The van der Waals surface area contributed by atoms with Gasteiger partial charge in [-0.2, -0.15) is 0 Å². The van der Waals surface area contributed by atoms with E-state index in [1.807, 2.05) is 6.08 Å². The van der Waals surface area contributed by atoms with Crippen LogP contribution in [0.3, 0.4) is 0 Å². The molecule has 1 N–H and O–H groups in total. The summed E-state index contributed by atoms with van der Waals surface area (Å²) in [4.78, 5) is 14.1. The molecule has 2 heterocycles. The molecule has 0 aliphatic carbocycles. The van der Waals surface area contributed by atoms with Gasteiger partial charge in [-0.15, -0.1) is 0 Å². The Morgan fingerprint density at radius 3 is 2.78 bits per heavy atom. The second kappa shape index (κ2) is 5.72. The van der Waals surface area contributed by atoms with Gasteiger partial charge in [-0.3, -0.25) is 4.79 Å². The molecule has 0 saturated carbocycles. The van der Waals surface area contributed by atoms with Crippen molar-refractivity contribution in [3.8, 4) is 0 Å². The topological polar surface area (TPSA) is 66.5 Å². The first-order valence-electron chi connectivity index (χ1n) is 7.51. The number of halogens is 1. The predicted molar refractivity (Wildman–Crippen MR) is 85.5 cm³/mol. The average molecular weight is 338 g/mol. The lowest BCUT2D eigenvalue weighted by atomic mass is 9.95. The smallest absolute Gasteiger partial charge is 0.225 e. The van der Waals surface area contributed by atoms with Crippen LogP contribution in [-0.2, 0) is 14.8 Å². The minimum Gasteiger partial charge on any atom is -0.335 e. The summed E-state index contributed by atoms with van der Waals surface area (Å²) in [6, 6.07) is 6.49.